The van der Waals surface area contributed by atoms with Gasteiger partial charge in [-0.1, -0.05) is 31.2 Å². The van der Waals surface area contributed by atoms with Crippen molar-refractivity contribution in [2.45, 2.75) is 58.8 Å². The largest absolute Gasteiger partial charge is 0.514 e. The van der Waals surface area contributed by atoms with Gasteiger partial charge in [0.05, 0.1) is 24.4 Å². The maximum absolute atomic E-state index is 12.4. The number of carbonyl (C=O) groups excluding carboxylic acids is 3. The maximum atomic E-state index is 12.4. The van der Waals surface area contributed by atoms with Crippen LogP contribution >= 0.6 is 0 Å². The standard InChI is InChI=1S/C27H33NO10/c1-15(2)35-26(32)37-20-12-11-19(13-21(20)38-27(33)36-16(3)4)22(23(28)24(29)30)17(5)14-34-25(31)18-9-7-6-8-10-18/h6-13,15-17,22-23H,14,28H2,1-5H3,(H,29,30)/t17?,22?,23-/m1/s1. The van der Waals surface area contributed by atoms with Gasteiger partial charge < -0.3 is 34.5 Å². The Morgan fingerprint density at radius 2 is 1.37 bits per heavy atom. The second kappa shape index (κ2) is 14.0. The third kappa shape index (κ3) is 9.07. The number of carboxylic acid groups (broad SMARTS) is 1. The molecule has 0 aliphatic carbocycles. The molecule has 2 aromatic carbocycles. The second-order valence-corrected chi connectivity index (χ2v) is 9.08. The molecule has 3 N–H and O–H groups in total. The van der Waals surface area contributed by atoms with Crippen molar-refractivity contribution in [1.82, 2.24) is 0 Å². The third-order valence-corrected chi connectivity index (χ3v) is 5.18. The lowest BCUT2D eigenvalue weighted by Crippen LogP contribution is -2.40. The van der Waals surface area contributed by atoms with E-state index in [-0.39, 0.29) is 18.1 Å². The Kier molecular flexibility index (Phi) is 11.1. The number of benzene rings is 2. The van der Waals surface area contributed by atoms with E-state index < -0.39 is 54.3 Å². The van der Waals surface area contributed by atoms with Crippen molar-refractivity contribution in [3.8, 4) is 11.5 Å². The monoisotopic (exact) mass is 531 g/mol. The average molecular weight is 532 g/mol. The minimum atomic E-state index is -1.41. The van der Waals surface area contributed by atoms with Crippen LogP contribution in [0.2, 0.25) is 0 Å². The summed E-state index contributed by atoms with van der Waals surface area (Å²) in [6.45, 7) is 8.02. The summed E-state index contributed by atoms with van der Waals surface area (Å²) in [5, 5.41) is 9.67. The number of hydrogen-bond donors (Lipinski definition) is 2. The van der Waals surface area contributed by atoms with Crippen LogP contribution in [0.3, 0.4) is 0 Å². The van der Waals surface area contributed by atoms with Crippen LogP contribution in [0.25, 0.3) is 0 Å². The van der Waals surface area contributed by atoms with E-state index in [4.69, 9.17) is 29.4 Å². The highest BCUT2D eigenvalue weighted by Gasteiger charge is 2.33. The van der Waals surface area contributed by atoms with Crippen LogP contribution < -0.4 is 15.2 Å². The number of rotatable bonds is 11. The third-order valence-electron chi connectivity index (χ3n) is 5.18. The highest BCUT2D eigenvalue weighted by molar-refractivity contribution is 5.89. The second-order valence-electron chi connectivity index (χ2n) is 9.08. The molecule has 0 amide bonds. The lowest BCUT2D eigenvalue weighted by atomic mass is 9.82. The van der Waals surface area contributed by atoms with E-state index >= 15 is 0 Å². The predicted octanol–water partition coefficient (Wildman–Crippen LogP) is 4.52. The summed E-state index contributed by atoms with van der Waals surface area (Å²) >= 11 is 0. The van der Waals surface area contributed by atoms with Gasteiger partial charge in [-0.2, -0.15) is 0 Å². The van der Waals surface area contributed by atoms with Crippen molar-refractivity contribution >= 4 is 24.2 Å². The zero-order chi connectivity index (χ0) is 28.4. The molecule has 0 saturated carbocycles. The first-order chi connectivity index (χ1) is 17.9. The molecule has 0 aromatic heterocycles. The Hall–Kier alpha value is -4.12. The van der Waals surface area contributed by atoms with Crippen LogP contribution in [-0.4, -0.2) is 54.2 Å². The van der Waals surface area contributed by atoms with E-state index in [9.17, 15) is 24.3 Å². The smallest absolute Gasteiger partial charge is 0.480 e. The summed E-state index contributed by atoms with van der Waals surface area (Å²) in [6.07, 6.45) is -3.05. The van der Waals surface area contributed by atoms with Crippen LogP contribution in [0.15, 0.2) is 48.5 Å². The number of nitrogens with two attached hydrogens (primary N) is 1. The molecule has 206 valence electrons. The van der Waals surface area contributed by atoms with Crippen LogP contribution in [0, 0.1) is 5.92 Å². The van der Waals surface area contributed by atoms with Gasteiger partial charge in [0.1, 0.15) is 6.04 Å². The zero-order valence-electron chi connectivity index (χ0n) is 21.9. The molecular formula is C27H33NO10. The molecule has 0 spiro atoms. The highest BCUT2D eigenvalue weighted by Crippen LogP contribution is 2.36. The Morgan fingerprint density at radius 1 is 0.816 bits per heavy atom. The molecule has 0 fully saturated rings. The van der Waals surface area contributed by atoms with Crippen LogP contribution in [0.4, 0.5) is 9.59 Å². The van der Waals surface area contributed by atoms with E-state index in [0.717, 1.165) is 0 Å². The van der Waals surface area contributed by atoms with Gasteiger partial charge in [-0.05, 0) is 63.4 Å². The first-order valence-corrected chi connectivity index (χ1v) is 12.0. The molecule has 2 aromatic rings. The molecule has 11 heteroatoms. The van der Waals surface area contributed by atoms with E-state index in [1.807, 2.05) is 0 Å². The van der Waals surface area contributed by atoms with Gasteiger partial charge in [-0.25, -0.2) is 14.4 Å². The van der Waals surface area contributed by atoms with Crippen molar-refractivity contribution in [2.24, 2.45) is 11.7 Å². The van der Waals surface area contributed by atoms with Crippen molar-refractivity contribution in [2.75, 3.05) is 6.61 Å². The number of carbonyl (C=O) groups is 4. The fraction of sp³-hybridized carbons (Fsp3) is 0.407. The number of ether oxygens (including phenoxy) is 5. The van der Waals surface area contributed by atoms with Crippen LogP contribution in [0.1, 0.15) is 56.5 Å². The zero-order valence-corrected chi connectivity index (χ0v) is 21.9. The van der Waals surface area contributed by atoms with E-state index in [1.165, 1.54) is 18.2 Å². The fourth-order valence-corrected chi connectivity index (χ4v) is 3.52. The van der Waals surface area contributed by atoms with Gasteiger partial charge >= 0.3 is 24.2 Å². The van der Waals surface area contributed by atoms with Gasteiger partial charge in [-0.3, -0.25) is 4.79 Å². The maximum Gasteiger partial charge on any atom is 0.514 e. The Bertz CT molecular complexity index is 1120. The molecule has 0 bridgehead atoms. The number of carboxylic acids is 1. The fourth-order valence-electron chi connectivity index (χ4n) is 3.52. The predicted molar refractivity (Wildman–Crippen MR) is 135 cm³/mol. The normalized spacial score (nSPS) is 13.3. The van der Waals surface area contributed by atoms with Gasteiger partial charge in [0, 0.05) is 5.92 Å². The lowest BCUT2D eigenvalue weighted by molar-refractivity contribution is -0.139. The molecule has 0 radical (unpaired) electrons. The van der Waals surface area contributed by atoms with Crippen molar-refractivity contribution in [3.63, 3.8) is 0 Å². The first-order valence-electron chi connectivity index (χ1n) is 12.0. The topological polar surface area (TPSA) is 161 Å². The minimum absolute atomic E-state index is 0.149. The van der Waals surface area contributed by atoms with Crippen molar-refractivity contribution in [3.05, 3.63) is 59.7 Å². The first kappa shape index (κ1) is 30.1. The van der Waals surface area contributed by atoms with E-state index in [1.54, 1.807) is 65.0 Å². The molecule has 0 heterocycles. The summed E-state index contributed by atoms with van der Waals surface area (Å²) in [4.78, 5) is 48.5. The molecule has 11 nitrogen and oxygen atoms in total. The summed E-state index contributed by atoms with van der Waals surface area (Å²) in [6, 6.07) is 11.0. The van der Waals surface area contributed by atoms with Crippen molar-refractivity contribution < 1.29 is 48.0 Å². The average Bonchev–Trinajstić information content (AvgIpc) is 2.83. The van der Waals surface area contributed by atoms with E-state index in [2.05, 4.69) is 0 Å². The highest BCUT2D eigenvalue weighted by atomic mass is 16.7. The molecule has 38 heavy (non-hydrogen) atoms. The molecule has 0 aliphatic heterocycles. The van der Waals surface area contributed by atoms with Crippen molar-refractivity contribution in [1.29, 1.82) is 0 Å². The van der Waals surface area contributed by atoms with Crippen LogP contribution in [-0.2, 0) is 19.0 Å². The van der Waals surface area contributed by atoms with Gasteiger partial charge in [0.15, 0.2) is 11.5 Å². The number of hydrogen-bond acceptors (Lipinski definition) is 10. The van der Waals surface area contributed by atoms with Gasteiger partial charge in [0.25, 0.3) is 0 Å². The molecule has 2 unspecified atom stereocenters. The minimum Gasteiger partial charge on any atom is -0.480 e. The molecule has 3 atom stereocenters. The number of aliphatic carboxylic acids is 1. The Balaban J connectivity index is 2.38. The van der Waals surface area contributed by atoms with Gasteiger partial charge in [-0.15, -0.1) is 0 Å². The summed E-state index contributed by atoms with van der Waals surface area (Å²) in [7, 11) is 0. The molecule has 0 aliphatic rings. The van der Waals surface area contributed by atoms with E-state index in [0.29, 0.717) is 11.1 Å². The Morgan fingerprint density at radius 3 is 1.89 bits per heavy atom. The summed E-state index contributed by atoms with van der Waals surface area (Å²) in [5.41, 5.74) is 6.70. The SMILES string of the molecule is CC(C)OC(=O)Oc1ccc(C(C(C)COC(=O)c2ccccc2)[C@@H](N)C(=O)O)cc1OC(=O)OC(C)C. The summed E-state index contributed by atoms with van der Waals surface area (Å²) in [5.74, 6) is -3.72. The molecular weight excluding hydrogens is 498 g/mol. The lowest BCUT2D eigenvalue weighted by Gasteiger charge is -2.28. The van der Waals surface area contributed by atoms with Gasteiger partial charge in [0.2, 0.25) is 0 Å². The molecule has 0 saturated heterocycles. The number of esters is 1. The quantitative estimate of drug-likeness (QED) is 0.238. The Labute approximate surface area is 220 Å². The van der Waals surface area contributed by atoms with Crippen LogP contribution in [0.5, 0.6) is 11.5 Å². The molecule has 2 rings (SSSR count). The summed E-state index contributed by atoms with van der Waals surface area (Å²) < 4.78 is 25.8.